The Hall–Kier alpha value is -4.54. The summed E-state index contributed by atoms with van der Waals surface area (Å²) in [6.45, 7) is 7.91. The van der Waals surface area contributed by atoms with Gasteiger partial charge >= 0.3 is 5.97 Å². The van der Waals surface area contributed by atoms with Gasteiger partial charge in [0.1, 0.15) is 12.4 Å². The van der Waals surface area contributed by atoms with Gasteiger partial charge in [0.15, 0.2) is 15.9 Å². The Bertz CT molecular complexity index is 2070. The molecular weight excluding hydrogens is 592 g/mol. The summed E-state index contributed by atoms with van der Waals surface area (Å²) < 4.78 is 42.7. The molecule has 1 aliphatic rings. The molecule has 10 heteroatoms. The Labute approximate surface area is 261 Å². The van der Waals surface area contributed by atoms with E-state index in [9.17, 15) is 18.3 Å². The number of pyridine rings is 2. The summed E-state index contributed by atoms with van der Waals surface area (Å²) in [6.07, 6.45) is 2.41. The summed E-state index contributed by atoms with van der Waals surface area (Å²) in [4.78, 5) is 22.6. The first-order chi connectivity index (χ1) is 21.3. The van der Waals surface area contributed by atoms with Crippen LogP contribution in [0.15, 0.2) is 71.8 Å². The van der Waals surface area contributed by atoms with Gasteiger partial charge in [-0.05, 0) is 80.8 Å². The SMILES string of the molecule is Cc1cc2nc(OCc3ccccc3S(C)(=O)=O)ccc2c(-c2ccc3c4c(ccnc24)CCO3)c1C(OC(C)(C)C)C(=O)O. The number of carbonyl (C=O) groups is 1. The van der Waals surface area contributed by atoms with Crippen molar-refractivity contribution < 1.29 is 32.5 Å². The molecule has 3 aromatic carbocycles. The van der Waals surface area contributed by atoms with Crippen LogP contribution in [-0.4, -0.2) is 47.9 Å². The average molecular weight is 627 g/mol. The minimum Gasteiger partial charge on any atom is -0.493 e. The molecule has 0 spiro atoms. The average Bonchev–Trinajstić information content (AvgIpc) is 2.98. The van der Waals surface area contributed by atoms with Crippen molar-refractivity contribution in [2.24, 2.45) is 0 Å². The Morgan fingerprint density at radius 2 is 1.87 bits per heavy atom. The highest BCUT2D eigenvalue weighted by Crippen LogP contribution is 2.45. The van der Waals surface area contributed by atoms with Crippen molar-refractivity contribution in [1.29, 1.82) is 0 Å². The van der Waals surface area contributed by atoms with Crippen LogP contribution in [0.2, 0.25) is 0 Å². The lowest BCUT2D eigenvalue weighted by atomic mass is 9.86. The maximum atomic E-state index is 12.8. The second-order valence-electron chi connectivity index (χ2n) is 12.2. The zero-order chi connectivity index (χ0) is 32.1. The Morgan fingerprint density at radius 3 is 2.60 bits per heavy atom. The van der Waals surface area contributed by atoms with Gasteiger partial charge in [0.25, 0.3) is 0 Å². The molecule has 3 heterocycles. The summed E-state index contributed by atoms with van der Waals surface area (Å²) in [5.41, 5.74) is 4.77. The van der Waals surface area contributed by atoms with E-state index in [2.05, 4.69) is 0 Å². The van der Waals surface area contributed by atoms with Crippen LogP contribution in [-0.2, 0) is 32.4 Å². The van der Waals surface area contributed by atoms with Crippen molar-refractivity contribution in [1.82, 2.24) is 9.97 Å². The third-order valence-corrected chi connectivity index (χ3v) is 8.96. The molecule has 0 aliphatic carbocycles. The van der Waals surface area contributed by atoms with Crippen molar-refractivity contribution in [2.45, 2.75) is 57.3 Å². The zero-order valence-corrected chi connectivity index (χ0v) is 26.6. The van der Waals surface area contributed by atoms with E-state index in [1.807, 2.05) is 58.0 Å². The first-order valence-electron chi connectivity index (χ1n) is 14.6. The second kappa shape index (κ2) is 11.4. The first-order valence-corrected chi connectivity index (χ1v) is 16.5. The van der Waals surface area contributed by atoms with Crippen LogP contribution in [0.1, 0.15) is 49.1 Å². The van der Waals surface area contributed by atoms with Crippen molar-refractivity contribution in [3.8, 4) is 22.8 Å². The van der Waals surface area contributed by atoms with Gasteiger partial charge in [0.2, 0.25) is 5.88 Å². The van der Waals surface area contributed by atoms with Crippen molar-refractivity contribution >= 4 is 37.6 Å². The number of aryl methyl sites for hydroxylation is 1. The van der Waals surface area contributed by atoms with Crippen LogP contribution in [0, 0.1) is 6.92 Å². The van der Waals surface area contributed by atoms with E-state index in [-0.39, 0.29) is 11.5 Å². The number of sulfone groups is 1. The molecule has 1 N–H and O–H groups in total. The molecule has 6 rings (SSSR count). The molecule has 2 aromatic heterocycles. The molecule has 232 valence electrons. The van der Waals surface area contributed by atoms with Gasteiger partial charge in [0, 0.05) is 52.4 Å². The van der Waals surface area contributed by atoms with Gasteiger partial charge in [-0.25, -0.2) is 18.2 Å². The number of benzene rings is 3. The van der Waals surface area contributed by atoms with Crippen molar-refractivity contribution in [3.05, 3.63) is 89.1 Å². The minimum absolute atomic E-state index is 0.00494. The van der Waals surface area contributed by atoms with Gasteiger partial charge < -0.3 is 19.3 Å². The number of nitrogens with zero attached hydrogens (tertiary/aromatic N) is 2. The Morgan fingerprint density at radius 1 is 1.09 bits per heavy atom. The lowest BCUT2D eigenvalue weighted by molar-refractivity contribution is -0.160. The van der Waals surface area contributed by atoms with E-state index in [0.29, 0.717) is 51.2 Å². The summed E-state index contributed by atoms with van der Waals surface area (Å²) in [7, 11) is -3.44. The molecule has 1 atom stereocenters. The highest BCUT2D eigenvalue weighted by Gasteiger charge is 2.33. The van der Waals surface area contributed by atoms with Crippen LogP contribution >= 0.6 is 0 Å². The standard InChI is InChI=1S/C35H34N2O7S/c1-20-18-25-23(11-13-28(37-25)43-19-22-8-6-7-9-27(22)45(5,40)41)31(29(20)33(34(38)39)44-35(2,3)4)24-10-12-26-30-21(15-17-42-26)14-16-36-32(24)30/h6-14,16,18,33H,15,17,19H2,1-5H3,(H,38,39). The molecule has 1 unspecified atom stereocenters. The van der Waals surface area contributed by atoms with E-state index >= 15 is 0 Å². The predicted octanol–water partition coefficient (Wildman–Crippen LogP) is 6.62. The monoisotopic (exact) mass is 626 g/mol. The smallest absolute Gasteiger partial charge is 0.337 e. The number of ether oxygens (including phenoxy) is 3. The summed E-state index contributed by atoms with van der Waals surface area (Å²) in [5.74, 6) is -0.0660. The van der Waals surface area contributed by atoms with Crippen LogP contribution in [0.3, 0.4) is 0 Å². The van der Waals surface area contributed by atoms with Crippen LogP contribution in [0.5, 0.6) is 11.6 Å². The second-order valence-corrected chi connectivity index (χ2v) is 14.2. The highest BCUT2D eigenvalue weighted by atomic mass is 32.2. The number of rotatable bonds is 8. The highest BCUT2D eigenvalue weighted by molar-refractivity contribution is 7.90. The molecule has 45 heavy (non-hydrogen) atoms. The third-order valence-electron chi connectivity index (χ3n) is 7.76. The third kappa shape index (κ3) is 5.95. The molecule has 0 amide bonds. The maximum Gasteiger partial charge on any atom is 0.337 e. The number of hydrogen-bond acceptors (Lipinski definition) is 8. The summed E-state index contributed by atoms with van der Waals surface area (Å²) in [5, 5.41) is 12.1. The van der Waals surface area contributed by atoms with E-state index in [4.69, 9.17) is 24.2 Å². The summed E-state index contributed by atoms with van der Waals surface area (Å²) in [6, 6.07) is 17.9. The number of fused-ring (bicyclic) bond motifs is 1. The minimum atomic E-state index is -3.44. The zero-order valence-electron chi connectivity index (χ0n) is 25.7. The molecular formula is C35H34N2O7S. The molecule has 1 aliphatic heterocycles. The van der Waals surface area contributed by atoms with E-state index in [1.165, 1.54) is 6.26 Å². The van der Waals surface area contributed by atoms with E-state index < -0.39 is 27.5 Å². The Balaban J connectivity index is 1.55. The number of aromatic nitrogens is 2. The fourth-order valence-electron chi connectivity index (χ4n) is 5.94. The van der Waals surface area contributed by atoms with Crippen molar-refractivity contribution in [2.75, 3.05) is 12.9 Å². The largest absolute Gasteiger partial charge is 0.493 e. The van der Waals surface area contributed by atoms with Gasteiger partial charge in [-0.1, -0.05) is 18.2 Å². The molecule has 0 radical (unpaired) electrons. The molecule has 0 saturated heterocycles. The predicted molar refractivity (Wildman–Crippen MR) is 172 cm³/mol. The van der Waals surface area contributed by atoms with Gasteiger partial charge in [-0.2, -0.15) is 0 Å². The molecule has 5 aromatic rings. The fourth-order valence-corrected chi connectivity index (χ4v) is 6.87. The number of hydrogen-bond donors (Lipinski definition) is 1. The van der Waals surface area contributed by atoms with Gasteiger partial charge in [-0.15, -0.1) is 0 Å². The Kier molecular flexibility index (Phi) is 7.74. The lowest BCUT2D eigenvalue weighted by Gasteiger charge is -2.29. The number of carboxylic acids is 1. The normalized spacial score (nSPS) is 13.9. The summed E-state index contributed by atoms with van der Waals surface area (Å²) >= 11 is 0. The van der Waals surface area contributed by atoms with Crippen LogP contribution in [0.4, 0.5) is 0 Å². The number of aliphatic carboxylic acids is 1. The van der Waals surface area contributed by atoms with E-state index in [1.54, 1.807) is 36.5 Å². The topological polar surface area (TPSA) is 125 Å². The maximum absolute atomic E-state index is 12.8. The molecule has 0 saturated carbocycles. The molecule has 9 nitrogen and oxygen atoms in total. The van der Waals surface area contributed by atoms with Crippen LogP contribution in [0.25, 0.3) is 32.9 Å². The van der Waals surface area contributed by atoms with Gasteiger partial charge in [-0.3, -0.25) is 4.98 Å². The van der Waals surface area contributed by atoms with E-state index in [0.717, 1.165) is 28.7 Å². The molecule has 0 bridgehead atoms. The molecule has 0 fully saturated rings. The fraction of sp³-hybridized carbons (Fsp3) is 0.286. The van der Waals surface area contributed by atoms with Gasteiger partial charge in [0.05, 0.1) is 28.1 Å². The lowest BCUT2D eigenvalue weighted by Crippen LogP contribution is -2.28. The first kappa shape index (κ1) is 30.5. The van der Waals surface area contributed by atoms with Crippen molar-refractivity contribution in [3.63, 3.8) is 0 Å². The quantitative estimate of drug-likeness (QED) is 0.202. The number of carboxylic acid groups (broad SMARTS) is 1. The van der Waals surface area contributed by atoms with Crippen LogP contribution < -0.4 is 9.47 Å².